The van der Waals surface area contributed by atoms with Gasteiger partial charge in [0.05, 0.1) is 6.04 Å². The highest BCUT2D eigenvalue weighted by Crippen LogP contribution is 2.41. The first-order valence-electron chi connectivity index (χ1n) is 7.28. The fourth-order valence-corrected chi connectivity index (χ4v) is 2.91. The fraction of sp³-hybridized carbons (Fsp3) is 0.278. The number of carbonyl (C=O) groups excluding carboxylic acids is 1. The van der Waals surface area contributed by atoms with Crippen LogP contribution in [0.5, 0.6) is 0 Å². The summed E-state index contributed by atoms with van der Waals surface area (Å²) in [6.45, 7) is 0. The van der Waals surface area contributed by atoms with Crippen LogP contribution >= 0.6 is 15.9 Å². The lowest BCUT2D eigenvalue weighted by atomic mass is 10.0. The number of hydrogen-bond donors (Lipinski definition) is 1. The summed E-state index contributed by atoms with van der Waals surface area (Å²) in [5, 5.41) is 4.01. The minimum atomic E-state index is 0.0110. The standard InChI is InChI=1S/C18H18BrNO/c19-12-13-6-8-16(9-7-13)18(21)20-17(15-10-11-15)14-4-2-1-3-5-14/h1-9,15,17H,10-12H2,(H,20,21). The van der Waals surface area contributed by atoms with Crippen molar-refractivity contribution in [3.8, 4) is 0 Å². The van der Waals surface area contributed by atoms with Crippen LogP contribution in [-0.4, -0.2) is 5.91 Å². The van der Waals surface area contributed by atoms with E-state index in [-0.39, 0.29) is 11.9 Å². The number of carbonyl (C=O) groups is 1. The molecule has 1 N–H and O–H groups in total. The zero-order chi connectivity index (χ0) is 14.7. The first kappa shape index (κ1) is 14.3. The van der Waals surface area contributed by atoms with Gasteiger partial charge in [0.2, 0.25) is 0 Å². The summed E-state index contributed by atoms with van der Waals surface area (Å²) in [4.78, 5) is 12.4. The van der Waals surface area contributed by atoms with Gasteiger partial charge < -0.3 is 5.32 Å². The molecule has 21 heavy (non-hydrogen) atoms. The number of nitrogens with one attached hydrogen (secondary N) is 1. The van der Waals surface area contributed by atoms with E-state index in [1.165, 1.54) is 24.0 Å². The van der Waals surface area contributed by atoms with Crippen LogP contribution in [0.3, 0.4) is 0 Å². The molecule has 1 aliphatic rings. The van der Waals surface area contributed by atoms with Crippen molar-refractivity contribution in [3.63, 3.8) is 0 Å². The van der Waals surface area contributed by atoms with Crippen LogP contribution in [0, 0.1) is 5.92 Å². The Morgan fingerprint density at radius 1 is 1.10 bits per heavy atom. The van der Waals surface area contributed by atoms with Crippen LogP contribution in [0.25, 0.3) is 0 Å². The Labute approximate surface area is 133 Å². The van der Waals surface area contributed by atoms with Gasteiger partial charge in [-0.2, -0.15) is 0 Å². The number of hydrogen-bond acceptors (Lipinski definition) is 1. The smallest absolute Gasteiger partial charge is 0.251 e. The second-order valence-corrected chi connectivity index (χ2v) is 6.09. The average molecular weight is 344 g/mol. The molecule has 0 aromatic heterocycles. The summed E-state index contributed by atoms with van der Waals surface area (Å²) < 4.78 is 0. The maximum Gasteiger partial charge on any atom is 0.251 e. The van der Waals surface area contributed by atoms with E-state index in [9.17, 15) is 4.79 Å². The van der Waals surface area contributed by atoms with Crippen LogP contribution in [0.4, 0.5) is 0 Å². The van der Waals surface area contributed by atoms with Gasteiger partial charge in [-0.05, 0) is 42.0 Å². The highest BCUT2D eigenvalue weighted by atomic mass is 79.9. The molecular weight excluding hydrogens is 326 g/mol. The number of benzene rings is 2. The summed E-state index contributed by atoms with van der Waals surface area (Å²) in [6.07, 6.45) is 2.39. The van der Waals surface area contributed by atoms with Gasteiger partial charge in [0.1, 0.15) is 0 Å². The molecule has 0 heterocycles. The molecule has 1 amide bonds. The van der Waals surface area contributed by atoms with Crippen molar-refractivity contribution in [2.24, 2.45) is 5.92 Å². The molecular formula is C18H18BrNO. The summed E-state index contributed by atoms with van der Waals surface area (Å²) in [7, 11) is 0. The van der Waals surface area contributed by atoms with Crippen LogP contribution in [-0.2, 0) is 5.33 Å². The minimum Gasteiger partial charge on any atom is -0.345 e. The van der Waals surface area contributed by atoms with Crippen LogP contribution in [0.1, 0.15) is 40.4 Å². The zero-order valence-corrected chi connectivity index (χ0v) is 13.3. The number of alkyl halides is 1. The summed E-state index contributed by atoms with van der Waals surface area (Å²) in [5.41, 5.74) is 3.10. The van der Waals surface area contributed by atoms with E-state index in [0.717, 1.165) is 10.9 Å². The molecule has 1 atom stereocenters. The fourth-order valence-electron chi connectivity index (χ4n) is 2.53. The van der Waals surface area contributed by atoms with E-state index >= 15 is 0 Å². The molecule has 1 aliphatic carbocycles. The lowest BCUT2D eigenvalue weighted by molar-refractivity contribution is 0.0931. The Balaban J connectivity index is 1.74. The average Bonchev–Trinajstić information content (AvgIpc) is 3.38. The molecule has 0 saturated heterocycles. The van der Waals surface area contributed by atoms with E-state index in [4.69, 9.17) is 0 Å². The van der Waals surface area contributed by atoms with E-state index in [0.29, 0.717) is 5.92 Å². The van der Waals surface area contributed by atoms with Crippen molar-refractivity contribution in [1.82, 2.24) is 5.32 Å². The Kier molecular flexibility index (Phi) is 4.39. The van der Waals surface area contributed by atoms with Crippen molar-refractivity contribution in [2.45, 2.75) is 24.2 Å². The van der Waals surface area contributed by atoms with Gasteiger partial charge in [-0.25, -0.2) is 0 Å². The van der Waals surface area contributed by atoms with Gasteiger partial charge in [-0.15, -0.1) is 0 Å². The summed E-state index contributed by atoms with van der Waals surface area (Å²) in [6, 6.07) is 18.1. The van der Waals surface area contributed by atoms with Gasteiger partial charge >= 0.3 is 0 Å². The second-order valence-electron chi connectivity index (χ2n) is 5.53. The molecule has 0 spiro atoms. The van der Waals surface area contributed by atoms with Gasteiger partial charge in [-0.1, -0.05) is 58.4 Å². The van der Waals surface area contributed by atoms with E-state index < -0.39 is 0 Å². The maximum absolute atomic E-state index is 12.4. The Morgan fingerprint density at radius 3 is 2.33 bits per heavy atom. The SMILES string of the molecule is O=C(NC(c1ccccc1)C1CC1)c1ccc(CBr)cc1. The zero-order valence-electron chi connectivity index (χ0n) is 11.8. The van der Waals surface area contributed by atoms with Gasteiger partial charge in [-0.3, -0.25) is 4.79 Å². The van der Waals surface area contributed by atoms with Crippen LogP contribution < -0.4 is 5.32 Å². The Hall–Kier alpha value is -1.61. The quantitative estimate of drug-likeness (QED) is 0.797. The first-order chi connectivity index (χ1) is 10.3. The van der Waals surface area contributed by atoms with Gasteiger partial charge in [0.25, 0.3) is 5.91 Å². The first-order valence-corrected chi connectivity index (χ1v) is 8.41. The highest BCUT2D eigenvalue weighted by molar-refractivity contribution is 9.08. The Bertz CT molecular complexity index is 605. The third-order valence-electron chi connectivity index (χ3n) is 3.91. The predicted molar refractivity (Wildman–Crippen MR) is 88.4 cm³/mol. The number of amides is 1. The van der Waals surface area contributed by atoms with Gasteiger partial charge in [0, 0.05) is 10.9 Å². The molecule has 2 nitrogen and oxygen atoms in total. The molecule has 1 saturated carbocycles. The normalized spacial score (nSPS) is 15.5. The van der Waals surface area contributed by atoms with E-state index in [1.807, 2.05) is 42.5 Å². The largest absolute Gasteiger partial charge is 0.345 e. The number of rotatable bonds is 5. The molecule has 0 radical (unpaired) electrons. The van der Waals surface area contributed by atoms with Crippen LogP contribution in [0.2, 0.25) is 0 Å². The molecule has 3 heteroatoms. The highest BCUT2D eigenvalue weighted by Gasteiger charge is 2.33. The third kappa shape index (κ3) is 3.53. The lowest BCUT2D eigenvalue weighted by Gasteiger charge is -2.19. The minimum absolute atomic E-state index is 0.0110. The summed E-state index contributed by atoms with van der Waals surface area (Å²) >= 11 is 3.42. The third-order valence-corrected chi connectivity index (χ3v) is 4.56. The van der Waals surface area contributed by atoms with E-state index in [1.54, 1.807) is 0 Å². The van der Waals surface area contributed by atoms with Crippen molar-refractivity contribution < 1.29 is 4.79 Å². The molecule has 0 bridgehead atoms. The molecule has 1 fully saturated rings. The maximum atomic E-state index is 12.4. The van der Waals surface area contributed by atoms with Crippen molar-refractivity contribution in [1.29, 1.82) is 0 Å². The van der Waals surface area contributed by atoms with Crippen molar-refractivity contribution in [3.05, 3.63) is 71.3 Å². The predicted octanol–water partition coefficient (Wildman–Crippen LogP) is 4.46. The molecule has 2 aromatic carbocycles. The molecule has 3 rings (SSSR count). The molecule has 108 valence electrons. The van der Waals surface area contributed by atoms with E-state index in [2.05, 4.69) is 33.4 Å². The topological polar surface area (TPSA) is 29.1 Å². The number of halogens is 1. The molecule has 1 unspecified atom stereocenters. The van der Waals surface area contributed by atoms with Gasteiger partial charge in [0.15, 0.2) is 0 Å². The monoisotopic (exact) mass is 343 g/mol. The molecule has 2 aromatic rings. The Morgan fingerprint density at radius 2 is 1.76 bits per heavy atom. The van der Waals surface area contributed by atoms with Crippen molar-refractivity contribution >= 4 is 21.8 Å². The second kappa shape index (κ2) is 6.44. The van der Waals surface area contributed by atoms with Crippen molar-refractivity contribution in [2.75, 3.05) is 0 Å². The lowest BCUT2D eigenvalue weighted by Crippen LogP contribution is -2.29. The summed E-state index contributed by atoms with van der Waals surface area (Å²) in [5.74, 6) is 0.593. The molecule has 0 aliphatic heterocycles. The van der Waals surface area contributed by atoms with Crippen LogP contribution in [0.15, 0.2) is 54.6 Å².